The summed E-state index contributed by atoms with van der Waals surface area (Å²) in [5.74, 6) is -0.682. The Bertz CT molecular complexity index is 523. The molecule has 1 aromatic rings. The van der Waals surface area contributed by atoms with Crippen LogP contribution in [0.3, 0.4) is 0 Å². The van der Waals surface area contributed by atoms with Crippen molar-refractivity contribution in [2.24, 2.45) is 5.73 Å². The molecule has 1 fully saturated rings. The Morgan fingerprint density at radius 3 is 2.89 bits per heavy atom. The molecule has 1 aromatic carbocycles. The highest BCUT2D eigenvalue weighted by molar-refractivity contribution is 9.10. The molecule has 1 aliphatic rings. The number of carbonyl (C=O) groups is 1. The van der Waals surface area contributed by atoms with E-state index in [1.807, 2.05) is 0 Å². The monoisotopic (exact) mass is 344 g/mol. The predicted molar refractivity (Wildman–Crippen MR) is 79.6 cm³/mol. The zero-order valence-corrected chi connectivity index (χ0v) is 12.6. The molecule has 19 heavy (non-hydrogen) atoms. The van der Waals surface area contributed by atoms with Gasteiger partial charge in [0.15, 0.2) is 0 Å². The third-order valence-corrected chi connectivity index (χ3v) is 4.35. The van der Waals surface area contributed by atoms with Crippen LogP contribution in [0.1, 0.15) is 29.6 Å². The quantitative estimate of drug-likeness (QED) is 0.839. The fourth-order valence-corrected chi connectivity index (χ4v) is 2.97. The number of thiocarbonyl (C=S) groups is 1. The molecule has 0 radical (unpaired) electrons. The molecular formula is C13H14BrFN2OS. The number of hydrogen-bond acceptors (Lipinski definition) is 2. The van der Waals surface area contributed by atoms with Crippen molar-refractivity contribution in [2.45, 2.75) is 25.3 Å². The second kappa shape index (κ2) is 5.96. The average Bonchev–Trinajstić information content (AvgIpc) is 2.41. The molecule has 1 aliphatic heterocycles. The Morgan fingerprint density at radius 2 is 2.21 bits per heavy atom. The summed E-state index contributed by atoms with van der Waals surface area (Å²) in [7, 11) is 0. The molecule has 0 saturated carbocycles. The summed E-state index contributed by atoms with van der Waals surface area (Å²) in [4.78, 5) is 14.5. The fraction of sp³-hybridized carbons (Fsp3) is 0.385. The molecule has 102 valence electrons. The van der Waals surface area contributed by atoms with E-state index in [1.165, 1.54) is 12.1 Å². The van der Waals surface area contributed by atoms with Crippen LogP contribution in [-0.2, 0) is 0 Å². The minimum Gasteiger partial charge on any atom is -0.392 e. The van der Waals surface area contributed by atoms with Gasteiger partial charge in [0.25, 0.3) is 5.91 Å². The number of rotatable bonds is 2. The lowest BCUT2D eigenvalue weighted by atomic mass is 10.0. The van der Waals surface area contributed by atoms with E-state index in [9.17, 15) is 9.18 Å². The van der Waals surface area contributed by atoms with Crippen molar-refractivity contribution in [3.05, 3.63) is 34.1 Å². The molecule has 1 saturated heterocycles. The third-order valence-electron chi connectivity index (χ3n) is 3.27. The first-order chi connectivity index (χ1) is 9.02. The van der Waals surface area contributed by atoms with Crippen LogP contribution in [0.15, 0.2) is 22.7 Å². The summed E-state index contributed by atoms with van der Waals surface area (Å²) in [6.07, 6.45) is 2.68. The Labute approximate surface area is 125 Å². The lowest BCUT2D eigenvalue weighted by Gasteiger charge is -2.35. The molecule has 2 rings (SSSR count). The van der Waals surface area contributed by atoms with E-state index in [4.69, 9.17) is 18.0 Å². The highest BCUT2D eigenvalue weighted by atomic mass is 79.9. The van der Waals surface area contributed by atoms with Crippen LogP contribution in [0.4, 0.5) is 4.39 Å². The van der Waals surface area contributed by atoms with Crippen molar-refractivity contribution in [1.82, 2.24) is 4.90 Å². The van der Waals surface area contributed by atoms with Crippen LogP contribution >= 0.6 is 28.1 Å². The number of amides is 1. The lowest BCUT2D eigenvalue weighted by Crippen LogP contribution is -2.49. The maximum Gasteiger partial charge on any atom is 0.255 e. The molecule has 6 heteroatoms. The van der Waals surface area contributed by atoms with Gasteiger partial charge in [0.1, 0.15) is 5.82 Å². The van der Waals surface area contributed by atoms with Gasteiger partial charge in [-0.3, -0.25) is 4.79 Å². The number of nitrogens with two attached hydrogens (primary N) is 1. The minimum absolute atomic E-state index is 0.187. The van der Waals surface area contributed by atoms with Crippen LogP contribution < -0.4 is 5.73 Å². The topological polar surface area (TPSA) is 46.3 Å². The normalized spacial score (nSPS) is 19.3. The van der Waals surface area contributed by atoms with E-state index in [2.05, 4.69) is 15.9 Å². The largest absolute Gasteiger partial charge is 0.392 e. The van der Waals surface area contributed by atoms with E-state index >= 15 is 0 Å². The molecule has 1 amide bonds. The van der Waals surface area contributed by atoms with Gasteiger partial charge in [0.2, 0.25) is 0 Å². The zero-order chi connectivity index (χ0) is 14.0. The van der Waals surface area contributed by atoms with Gasteiger partial charge in [-0.15, -0.1) is 0 Å². The standard InChI is InChI=1S/C13H14BrFN2OS/c14-11-8(4-3-5-9(11)15)13(18)17-7-2-1-6-10(17)12(16)19/h3-5,10H,1-2,6-7H2,(H2,16,19). The van der Waals surface area contributed by atoms with Crippen molar-refractivity contribution in [3.8, 4) is 0 Å². The summed E-state index contributed by atoms with van der Waals surface area (Å²) in [6, 6.07) is 4.20. The molecular weight excluding hydrogens is 331 g/mol. The summed E-state index contributed by atoms with van der Waals surface area (Å²) in [6.45, 7) is 0.601. The van der Waals surface area contributed by atoms with Crippen molar-refractivity contribution in [1.29, 1.82) is 0 Å². The minimum atomic E-state index is -0.449. The summed E-state index contributed by atoms with van der Waals surface area (Å²) in [5.41, 5.74) is 6.00. The van der Waals surface area contributed by atoms with E-state index in [1.54, 1.807) is 11.0 Å². The Kier molecular flexibility index (Phi) is 4.52. The van der Waals surface area contributed by atoms with Gasteiger partial charge >= 0.3 is 0 Å². The highest BCUT2D eigenvalue weighted by Gasteiger charge is 2.30. The molecule has 1 unspecified atom stereocenters. The summed E-state index contributed by atoms with van der Waals surface area (Å²) >= 11 is 8.14. The van der Waals surface area contributed by atoms with E-state index in [0.717, 1.165) is 19.3 Å². The first-order valence-corrected chi connectivity index (χ1v) is 7.27. The second-order valence-electron chi connectivity index (χ2n) is 4.51. The Balaban J connectivity index is 2.31. The molecule has 2 N–H and O–H groups in total. The summed E-state index contributed by atoms with van der Waals surface area (Å²) in [5, 5.41) is 0. The van der Waals surface area contributed by atoms with Crippen molar-refractivity contribution >= 4 is 39.0 Å². The van der Waals surface area contributed by atoms with Gasteiger partial charge < -0.3 is 10.6 Å². The smallest absolute Gasteiger partial charge is 0.255 e. The van der Waals surface area contributed by atoms with E-state index in [0.29, 0.717) is 17.1 Å². The van der Waals surface area contributed by atoms with Crippen LogP contribution in [-0.4, -0.2) is 28.4 Å². The molecule has 3 nitrogen and oxygen atoms in total. The number of benzene rings is 1. The van der Waals surface area contributed by atoms with Crippen LogP contribution in [0.25, 0.3) is 0 Å². The molecule has 0 spiro atoms. The van der Waals surface area contributed by atoms with Crippen LogP contribution in [0.2, 0.25) is 0 Å². The Morgan fingerprint density at radius 1 is 1.47 bits per heavy atom. The van der Waals surface area contributed by atoms with Crippen molar-refractivity contribution in [2.75, 3.05) is 6.54 Å². The maximum atomic E-state index is 13.5. The fourth-order valence-electron chi connectivity index (χ4n) is 2.29. The zero-order valence-electron chi connectivity index (χ0n) is 10.2. The van der Waals surface area contributed by atoms with E-state index < -0.39 is 5.82 Å². The Hall–Kier alpha value is -1.01. The number of piperidine rings is 1. The number of likely N-dealkylation sites (tertiary alicyclic amines) is 1. The van der Waals surface area contributed by atoms with Gasteiger partial charge in [0, 0.05) is 6.54 Å². The number of hydrogen-bond donors (Lipinski definition) is 1. The third kappa shape index (κ3) is 2.95. The van der Waals surface area contributed by atoms with Gasteiger partial charge in [-0.2, -0.15) is 0 Å². The van der Waals surface area contributed by atoms with Crippen molar-refractivity contribution < 1.29 is 9.18 Å². The predicted octanol–water partition coefficient (Wildman–Crippen LogP) is 2.87. The maximum absolute atomic E-state index is 13.5. The van der Waals surface area contributed by atoms with Crippen LogP contribution in [0.5, 0.6) is 0 Å². The highest BCUT2D eigenvalue weighted by Crippen LogP contribution is 2.25. The first-order valence-electron chi connectivity index (χ1n) is 6.06. The molecule has 0 aliphatic carbocycles. The molecule has 0 aromatic heterocycles. The molecule has 0 bridgehead atoms. The number of nitrogens with zero attached hydrogens (tertiary/aromatic N) is 1. The second-order valence-corrected chi connectivity index (χ2v) is 5.78. The SMILES string of the molecule is NC(=S)C1CCCCN1C(=O)c1cccc(F)c1Br. The lowest BCUT2D eigenvalue weighted by molar-refractivity contribution is 0.0680. The molecule has 1 atom stereocenters. The van der Waals surface area contributed by atoms with Gasteiger partial charge in [0.05, 0.1) is 21.1 Å². The van der Waals surface area contributed by atoms with Gasteiger partial charge in [-0.25, -0.2) is 4.39 Å². The van der Waals surface area contributed by atoms with E-state index in [-0.39, 0.29) is 16.4 Å². The molecule has 1 heterocycles. The first kappa shape index (κ1) is 14.4. The van der Waals surface area contributed by atoms with Gasteiger partial charge in [-0.05, 0) is 47.3 Å². The van der Waals surface area contributed by atoms with Crippen molar-refractivity contribution in [3.63, 3.8) is 0 Å². The number of carbonyl (C=O) groups excluding carboxylic acids is 1. The average molecular weight is 345 g/mol. The van der Waals surface area contributed by atoms with Crippen LogP contribution in [0, 0.1) is 5.82 Å². The summed E-state index contributed by atoms with van der Waals surface area (Å²) < 4.78 is 13.7. The van der Waals surface area contributed by atoms with Gasteiger partial charge in [-0.1, -0.05) is 18.3 Å². The number of halogens is 2.